The summed E-state index contributed by atoms with van der Waals surface area (Å²) >= 11 is 0. The predicted octanol–water partition coefficient (Wildman–Crippen LogP) is 4.83. The van der Waals surface area contributed by atoms with Crippen LogP contribution in [0.5, 0.6) is 5.75 Å². The van der Waals surface area contributed by atoms with Crippen molar-refractivity contribution in [2.75, 3.05) is 6.61 Å². The van der Waals surface area contributed by atoms with Crippen molar-refractivity contribution < 1.29 is 9.53 Å². The van der Waals surface area contributed by atoms with Crippen LogP contribution in [0.15, 0.2) is 36.4 Å². The molecule has 0 aromatic heterocycles. The van der Waals surface area contributed by atoms with Crippen molar-refractivity contribution in [3.8, 4) is 5.75 Å². The molecule has 2 aromatic rings. The standard InChI is InChI=1S/C23H29NO2/c1-4-21(20-12-11-18-7-5-6-8-19(18)14-20)24-23(25)15-26-22-13-16(2)9-10-17(22)3/h9-14,21H,4-8,15H2,1-3H3,(H,24,25)/t21-/m1/s1. The summed E-state index contributed by atoms with van der Waals surface area (Å²) in [5.41, 5.74) is 6.30. The van der Waals surface area contributed by atoms with Crippen LogP contribution in [0, 0.1) is 13.8 Å². The van der Waals surface area contributed by atoms with Crippen molar-refractivity contribution in [2.24, 2.45) is 0 Å². The Morgan fingerprint density at radius 3 is 2.62 bits per heavy atom. The van der Waals surface area contributed by atoms with Gasteiger partial charge < -0.3 is 10.1 Å². The largest absolute Gasteiger partial charge is 0.483 e. The van der Waals surface area contributed by atoms with Gasteiger partial charge in [0.05, 0.1) is 6.04 Å². The zero-order valence-electron chi connectivity index (χ0n) is 16.1. The first-order valence-corrected chi connectivity index (χ1v) is 9.68. The highest BCUT2D eigenvalue weighted by Crippen LogP contribution is 2.26. The van der Waals surface area contributed by atoms with Gasteiger partial charge in [-0.15, -0.1) is 0 Å². The fourth-order valence-electron chi connectivity index (χ4n) is 3.63. The maximum absolute atomic E-state index is 12.4. The molecule has 0 radical (unpaired) electrons. The van der Waals surface area contributed by atoms with E-state index in [1.54, 1.807) is 0 Å². The molecule has 0 aliphatic heterocycles. The topological polar surface area (TPSA) is 38.3 Å². The van der Waals surface area contributed by atoms with Gasteiger partial charge in [0.25, 0.3) is 5.91 Å². The number of carbonyl (C=O) groups is 1. The summed E-state index contributed by atoms with van der Waals surface area (Å²) in [7, 11) is 0. The molecule has 0 spiro atoms. The average molecular weight is 351 g/mol. The monoisotopic (exact) mass is 351 g/mol. The second-order valence-electron chi connectivity index (χ2n) is 7.32. The highest BCUT2D eigenvalue weighted by atomic mass is 16.5. The molecule has 1 aliphatic rings. The van der Waals surface area contributed by atoms with Gasteiger partial charge in [0.15, 0.2) is 6.61 Å². The molecular formula is C23H29NO2. The van der Waals surface area contributed by atoms with Crippen LogP contribution in [0.4, 0.5) is 0 Å². The molecule has 1 atom stereocenters. The molecule has 0 unspecified atom stereocenters. The second kappa shape index (κ2) is 8.39. The highest BCUT2D eigenvalue weighted by Gasteiger charge is 2.16. The van der Waals surface area contributed by atoms with Crippen LogP contribution in [-0.2, 0) is 17.6 Å². The maximum atomic E-state index is 12.4. The number of ether oxygens (including phenoxy) is 1. The summed E-state index contributed by atoms with van der Waals surface area (Å²) in [6.45, 7) is 6.17. The van der Waals surface area contributed by atoms with E-state index in [4.69, 9.17) is 4.74 Å². The number of amides is 1. The minimum atomic E-state index is -0.0736. The fourth-order valence-corrected chi connectivity index (χ4v) is 3.63. The van der Waals surface area contributed by atoms with Crippen LogP contribution in [0.2, 0.25) is 0 Å². The van der Waals surface area contributed by atoms with Crippen LogP contribution in [0.1, 0.15) is 60.0 Å². The van der Waals surface area contributed by atoms with E-state index >= 15 is 0 Å². The number of hydrogen-bond donors (Lipinski definition) is 1. The van der Waals surface area contributed by atoms with Crippen molar-refractivity contribution >= 4 is 5.91 Å². The molecule has 3 nitrogen and oxygen atoms in total. The molecule has 138 valence electrons. The van der Waals surface area contributed by atoms with E-state index in [-0.39, 0.29) is 18.6 Å². The summed E-state index contributed by atoms with van der Waals surface area (Å²) in [6, 6.07) is 12.8. The second-order valence-corrected chi connectivity index (χ2v) is 7.32. The third-order valence-corrected chi connectivity index (χ3v) is 5.22. The van der Waals surface area contributed by atoms with E-state index in [0.717, 1.165) is 29.7 Å². The van der Waals surface area contributed by atoms with Gasteiger partial charge in [0, 0.05) is 0 Å². The number of carbonyl (C=O) groups excluding carboxylic acids is 1. The number of benzene rings is 2. The number of hydrogen-bond acceptors (Lipinski definition) is 2. The van der Waals surface area contributed by atoms with Gasteiger partial charge >= 0.3 is 0 Å². The molecule has 1 aliphatic carbocycles. The van der Waals surface area contributed by atoms with Crippen LogP contribution in [0.25, 0.3) is 0 Å². The van der Waals surface area contributed by atoms with E-state index in [9.17, 15) is 4.79 Å². The lowest BCUT2D eigenvalue weighted by atomic mass is 9.89. The quantitative estimate of drug-likeness (QED) is 0.809. The highest BCUT2D eigenvalue weighted by molar-refractivity contribution is 5.78. The van der Waals surface area contributed by atoms with Gasteiger partial charge in [0.1, 0.15) is 5.75 Å². The Kier molecular flexibility index (Phi) is 5.97. The zero-order chi connectivity index (χ0) is 18.5. The molecule has 3 rings (SSSR count). The van der Waals surface area contributed by atoms with Gasteiger partial charge in [-0.25, -0.2) is 0 Å². The van der Waals surface area contributed by atoms with E-state index in [1.807, 2.05) is 32.0 Å². The van der Waals surface area contributed by atoms with E-state index in [0.29, 0.717) is 0 Å². The summed E-state index contributed by atoms with van der Waals surface area (Å²) in [6.07, 6.45) is 5.76. The Morgan fingerprint density at radius 2 is 1.85 bits per heavy atom. The summed E-state index contributed by atoms with van der Waals surface area (Å²) in [4.78, 5) is 12.4. The molecule has 1 N–H and O–H groups in total. The number of nitrogens with one attached hydrogen (secondary N) is 1. The van der Waals surface area contributed by atoms with Crippen molar-refractivity contribution in [3.05, 3.63) is 64.2 Å². The maximum Gasteiger partial charge on any atom is 0.258 e. The normalized spacial score (nSPS) is 14.4. The van der Waals surface area contributed by atoms with Crippen molar-refractivity contribution in [1.82, 2.24) is 5.32 Å². The molecule has 1 amide bonds. The summed E-state index contributed by atoms with van der Waals surface area (Å²) in [5, 5.41) is 3.13. The van der Waals surface area contributed by atoms with Gasteiger partial charge in [-0.2, -0.15) is 0 Å². The predicted molar refractivity (Wildman–Crippen MR) is 106 cm³/mol. The van der Waals surface area contributed by atoms with E-state index in [1.165, 1.54) is 36.0 Å². The van der Waals surface area contributed by atoms with Crippen molar-refractivity contribution in [1.29, 1.82) is 0 Å². The van der Waals surface area contributed by atoms with E-state index < -0.39 is 0 Å². The molecule has 3 heteroatoms. The Balaban J connectivity index is 1.62. The van der Waals surface area contributed by atoms with Gasteiger partial charge in [-0.1, -0.05) is 37.3 Å². The SMILES string of the molecule is CC[C@@H](NC(=O)COc1cc(C)ccc1C)c1ccc2c(c1)CCCC2. The summed E-state index contributed by atoms with van der Waals surface area (Å²) < 4.78 is 5.74. The van der Waals surface area contributed by atoms with Crippen molar-refractivity contribution in [3.63, 3.8) is 0 Å². The van der Waals surface area contributed by atoms with Gasteiger partial charge in [-0.05, 0) is 79.8 Å². The average Bonchev–Trinajstić information content (AvgIpc) is 2.66. The molecule has 0 saturated heterocycles. The molecule has 2 aromatic carbocycles. The number of aryl methyl sites for hydroxylation is 4. The minimum Gasteiger partial charge on any atom is -0.483 e. The molecule has 0 bridgehead atoms. The van der Waals surface area contributed by atoms with Crippen LogP contribution in [0.3, 0.4) is 0 Å². The zero-order valence-corrected chi connectivity index (χ0v) is 16.1. The Bertz CT molecular complexity index is 782. The molecule has 0 saturated carbocycles. The van der Waals surface area contributed by atoms with Crippen LogP contribution in [-0.4, -0.2) is 12.5 Å². The lowest BCUT2D eigenvalue weighted by molar-refractivity contribution is -0.123. The fraction of sp³-hybridized carbons (Fsp3) is 0.435. The Labute approximate surface area is 156 Å². The Hall–Kier alpha value is -2.29. The Morgan fingerprint density at radius 1 is 1.08 bits per heavy atom. The minimum absolute atomic E-state index is 0.0388. The van der Waals surface area contributed by atoms with Gasteiger partial charge in [-0.3, -0.25) is 4.79 Å². The van der Waals surface area contributed by atoms with Crippen LogP contribution >= 0.6 is 0 Å². The smallest absolute Gasteiger partial charge is 0.258 e. The van der Waals surface area contributed by atoms with Gasteiger partial charge in [0.2, 0.25) is 0 Å². The van der Waals surface area contributed by atoms with E-state index in [2.05, 4.69) is 30.4 Å². The first-order valence-electron chi connectivity index (χ1n) is 9.68. The molecule has 26 heavy (non-hydrogen) atoms. The lowest BCUT2D eigenvalue weighted by Gasteiger charge is -2.22. The van der Waals surface area contributed by atoms with Crippen molar-refractivity contribution in [2.45, 2.75) is 58.9 Å². The first-order chi connectivity index (χ1) is 12.6. The third-order valence-electron chi connectivity index (χ3n) is 5.22. The number of rotatable bonds is 6. The lowest BCUT2D eigenvalue weighted by Crippen LogP contribution is -2.32. The first kappa shape index (κ1) is 18.5. The molecule has 0 heterocycles. The van der Waals surface area contributed by atoms with Crippen LogP contribution < -0.4 is 10.1 Å². The molecule has 0 fully saturated rings. The number of fused-ring (bicyclic) bond motifs is 1. The third kappa shape index (κ3) is 4.46. The summed E-state index contributed by atoms with van der Waals surface area (Å²) in [5.74, 6) is 0.706. The molecular weight excluding hydrogens is 322 g/mol.